The molecule has 1 fully saturated rings. The van der Waals surface area contributed by atoms with Gasteiger partial charge in [0, 0.05) is 11.6 Å². The van der Waals surface area contributed by atoms with Crippen molar-refractivity contribution in [1.82, 2.24) is 5.32 Å². The first-order valence-corrected chi connectivity index (χ1v) is 11.0. The van der Waals surface area contributed by atoms with E-state index in [4.69, 9.17) is 5.73 Å². The van der Waals surface area contributed by atoms with Gasteiger partial charge in [-0.2, -0.15) is 0 Å². The molecule has 0 aliphatic heterocycles. The van der Waals surface area contributed by atoms with Gasteiger partial charge in [0.05, 0.1) is 10.6 Å². The molecular weight excluding hydrogens is 360 g/mol. The van der Waals surface area contributed by atoms with Crippen molar-refractivity contribution >= 4 is 15.7 Å². The Balaban J connectivity index is 1.75. The van der Waals surface area contributed by atoms with E-state index in [1.54, 1.807) is 30.3 Å². The van der Waals surface area contributed by atoms with E-state index in [1.165, 1.54) is 6.07 Å². The second-order valence-corrected chi connectivity index (χ2v) is 9.12. The number of amides is 1. The zero-order valence-electron chi connectivity index (χ0n) is 15.3. The largest absolute Gasteiger partial charge is 0.349 e. The van der Waals surface area contributed by atoms with Gasteiger partial charge in [-0.05, 0) is 49.1 Å². The zero-order valence-corrected chi connectivity index (χ0v) is 16.1. The summed E-state index contributed by atoms with van der Waals surface area (Å²) in [5.74, 6) is -0.0404. The van der Waals surface area contributed by atoms with Crippen LogP contribution in [0.2, 0.25) is 0 Å². The van der Waals surface area contributed by atoms with Crippen molar-refractivity contribution < 1.29 is 13.2 Å². The lowest BCUT2D eigenvalue weighted by Gasteiger charge is -2.31. The highest BCUT2D eigenvalue weighted by molar-refractivity contribution is 7.90. The molecule has 0 heterocycles. The van der Waals surface area contributed by atoms with Crippen molar-refractivity contribution in [3.63, 3.8) is 0 Å². The fraction of sp³-hybridized carbons (Fsp3) is 0.381. The molecule has 2 unspecified atom stereocenters. The van der Waals surface area contributed by atoms with Crippen LogP contribution in [0.4, 0.5) is 0 Å². The van der Waals surface area contributed by atoms with Crippen molar-refractivity contribution in [1.29, 1.82) is 0 Å². The van der Waals surface area contributed by atoms with Gasteiger partial charge in [0.1, 0.15) is 0 Å². The van der Waals surface area contributed by atoms with Crippen molar-refractivity contribution in [3.05, 3.63) is 65.7 Å². The summed E-state index contributed by atoms with van der Waals surface area (Å²) in [5.41, 5.74) is 6.92. The summed E-state index contributed by atoms with van der Waals surface area (Å²) in [7, 11) is -3.52. The third-order valence-corrected chi connectivity index (χ3v) is 6.87. The Morgan fingerprint density at radius 1 is 1.04 bits per heavy atom. The van der Waals surface area contributed by atoms with Crippen LogP contribution in [0.5, 0.6) is 0 Å². The number of hydrogen-bond donors (Lipinski definition) is 2. The van der Waals surface area contributed by atoms with Crippen LogP contribution in [0.3, 0.4) is 0 Å². The fourth-order valence-corrected chi connectivity index (χ4v) is 5.03. The molecule has 0 aromatic heterocycles. The summed E-state index contributed by atoms with van der Waals surface area (Å²) in [6.45, 7) is 0.552. The highest BCUT2D eigenvalue weighted by Crippen LogP contribution is 2.24. The van der Waals surface area contributed by atoms with Crippen molar-refractivity contribution in [2.75, 3.05) is 6.54 Å². The monoisotopic (exact) mass is 386 g/mol. The van der Waals surface area contributed by atoms with Crippen LogP contribution < -0.4 is 11.1 Å². The molecule has 3 N–H and O–H groups in total. The van der Waals surface area contributed by atoms with E-state index in [0.29, 0.717) is 12.1 Å². The maximum atomic E-state index is 12.7. The third kappa shape index (κ3) is 4.96. The molecule has 27 heavy (non-hydrogen) atoms. The molecule has 1 saturated carbocycles. The Labute approximate surface area is 160 Å². The predicted octanol–water partition coefficient (Wildman–Crippen LogP) is 2.91. The second kappa shape index (κ2) is 8.67. The number of sulfone groups is 1. The molecule has 2 aromatic rings. The first-order valence-electron chi connectivity index (χ1n) is 9.37. The van der Waals surface area contributed by atoms with E-state index < -0.39 is 9.84 Å². The molecule has 3 rings (SSSR count). The van der Waals surface area contributed by atoms with E-state index in [0.717, 1.165) is 31.2 Å². The lowest BCUT2D eigenvalue weighted by Crippen LogP contribution is -2.44. The van der Waals surface area contributed by atoms with Crippen LogP contribution in [-0.4, -0.2) is 26.9 Å². The average Bonchev–Trinajstić information content (AvgIpc) is 2.69. The molecule has 0 saturated heterocycles. The topological polar surface area (TPSA) is 89.3 Å². The van der Waals surface area contributed by atoms with Gasteiger partial charge in [-0.1, -0.05) is 49.2 Å². The van der Waals surface area contributed by atoms with Crippen molar-refractivity contribution in [2.24, 2.45) is 11.7 Å². The van der Waals surface area contributed by atoms with Crippen molar-refractivity contribution in [2.45, 2.75) is 42.4 Å². The first kappa shape index (κ1) is 19.6. The number of carbonyl (C=O) groups excluding carboxylic acids is 1. The van der Waals surface area contributed by atoms with Crippen LogP contribution in [0, 0.1) is 5.92 Å². The van der Waals surface area contributed by atoms with E-state index >= 15 is 0 Å². The van der Waals surface area contributed by atoms with Crippen LogP contribution in [0.15, 0.2) is 59.5 Å². The SMILES string of the molecule is NCC1CCCCC1NC(=O)c1cccc(S(=O)(=O)Cc2ccccc2)c1. The summed E-state index contributed by atoms with van der Waals surface area (Å²) in [6, 6.07) is 15.4. The van der Waals surface area contributed by atoms with Gasteiger partial charge in [0.25, 0.3) is 5.91 Å². The predicted molar refractivity (Wildman–Crippen MR) is 106 cm³/mol. The molecule has 0 radical (unpaired) electrons. The maximum absolute atomic E-state index is 12.7. The summed E-state index contributed by atoms with van der Waals surface area (Å²) in [5, 5.41) is 3.05. The zero-order chi connectivity index (χ0) is 19.3. The number of benzene rings is 2. The fourth-order valence-electron chi connectivity index (χ4n) is 3.64. The minimum atomic E-state index is -3.52. The lowest BCUT2D eigenvalue weighted by molar-refractivity contribution is 0.0908. The number of nitrogens with one attached hydrogen (secondary N) is 1. The summed E-state index contributed by atoms with van der Waals surface area (Å²) in [6.07, 6.45) is 4.15. The molecule has 5 nitrogen and oxygen atoms in total. The molecule has 1 aliphatic carbocycles. The Bertz CT molecular complexity index is 881. The standard InChI is InChI=1S/C21H26N2O3S/c22-14-18-9-4-5-12-20(18)23-21(24)17-10-6-11-19(13-17)27(25,26)15-16-7-2-1-3-8-16/h1-3,6-8,10-11,13,18,20H,4-5,9,12,14-15,22H2,(H,23,24). The summed E-state index contributed by atoms with van der Waals surface area (Å²) in [4.78, 5) is 12.8. The molecule has 0 spiro atoms. The van der Waals surface area contributed by atoms with Crippen LogP contribution in [0.1, 0.15) is 41.6 Å². The molecule has 0 bridgehead atoms. The third-order valence-electron chi connectivity index (χ3n) is 5.18. The normalized spacial score (nSPS) is 20.2. The molecule has 1 aliphatic rings. The first-order chi connectivity index (χ1) is 13.0. The van der Waals surface area contributed by atoms with Crippen LogP contribution >= 0.6 is 0 Å². The Hall–Kier alpha value is -2.18. The summed E-state index contributed by atoms with van der Waals surface area (Å²) < 4.78 is 25.4. The maximum Gasteiger partial charge on any atom is 0.251 e. The van der Waals surface area contributed by atoms with Crippen molar-refractivity contribution in [3.8, 4) is 0 Å². The van der Waals surface area contributed by atoms with Crippen LogP contribution in [-0.2, 0) is 15.6 Å². The number of hydrogen-bond acceptors (Lipinski definition) is 4. The average molecular weight is 387 g/mol. The van der Waals surface area contributed by atoms with Gasteiger partial charge >= 0.3 is 0 Å². The van der Waals surface area contributed by atoms with Gasteiger partial charge in [-0.25, -0.2) is 8.42 Å². The lowest BCUT2D eigenvalue weighted by atomic mass is 9.84. The van der Waals surface area contributed by atoms with Gasteiger partial charge in [-0.15, -0.1) is 0 Å². The van der Waals surface area contributed by atoms with Crippen LogP contribution in [0.25, 0.3) is 0 Å². The number of rotatable bonds is 6. The molecule has 6 heteroatoms. The Kier molecular flexibility index (Phi) is 6.29. The molecule has 1 amide bonds. The minimum absolute atomic E-state index is 0.0563. The van der Waals surface area contributed by atoms with Gasteiger partial charge in [0.15, 0.2) is 9.84 Å². The van der Waals surface area contributed by atoms with E-state index in [-0.39, 0.29) is 28.5 Å². The second-order valence-electron chi connectivity index (χ2n) is 7.13. The summed E-state index contributed by atoms with van der Waals surface area (Å²) >= 11 is 0. The molecule has 2 aromatic carbocycles. The molecular formula is C21H26N2O3S. The molecule has 2 atom stereocenters. The van der Waals surface area contributed by atoms with E-state index in [1.807, 2.05) is 18.2 Å². The quantitative estimate of drug-likeness (QED) is 0.799. The number of nitrogens with two attached hydrogens (primary N) is 1. The van der Waals surface area contributed by atoms with E-state index in [2.05, 4.69) is 5.32 Å². The number of carbonyl (C=O) groups is 1. The minimum Gasteiger partial charge on any atom is -0.349 e. The van der Waals surface area contributed by atoms with Gasteiger partial charge in [0.2, 0.25) is 0 Å². The van der Waals surface area contributed by atoms with Gasteiger partial charge in [-0.3, -0.25) is 4.79 Å². The highest BCUT2D eigenvalue weighted by atomic mass is 32.2. The smallest absolute Gasteiger partial charge is 0.251 e. The molecule has 144 valence electrons. The Morgan fingerprint density at radius 3 is 2.52 bits per heavy atom. The van der Waals surface area contributed by atoms with E-state index in [9.17, 15) is 13.2 Å². The van der Waals surface area contributed by atoms with Gasteiger partial charge < -0.3 is 11.1 Å². The highest BCUT2D eigenvalue weighted by Gasteiger charge is 2.26. The Morgan fingerprint density at radius 2 is 1.78 bits per heavy atom.